The Bertz CT molecular complexity index is 1690. The highest BCUT2D eigenvalue weighted by Gasteiger charge is 2.38. The molecule has 0 saturated carbocycles. The number of fused-ring (bicyclic) bond motifs is 1. The van der Waals surface area contributed by atoms with Gasteiger partial charge in [-0.2, -0.15) is 13.2 Å². The number of ketones is 1. The maximum absolute atomic E-state index is 14.1. The van der Waals surface area contributed by atoms with Crippen LogP contribution < -0.4 is 11.2 Å². The zero-order valence-electron chi connectivity index (χ0n) is 20.9. The van der Waals surface area contributed by atoms with Gasteiger partial charge < -0.3 is 9.78 Å². The molecule has 1 aliphatic rings. The summed E-state index contributed by atoms with van der Waals surface area (Å²) in [7, 11) is -3.77. The Morgan fingerprint density at radius 1 is 1.13 bits per heavy atom. The second kappa shape index (κ2) is 10.7. The molecule has 1 N–H and O–H groups in total. The molecule has 0 radical (unpaired) electrons. The highest BCUT2D eigenvalue weighted by atomic mass is 35.5. The number of hydrogen-bond donors (Lipinski definition) is 1. The van der Waals surface area contributed by atoms with Crippen molar-refractivity contribution in [1.29, 1.82) is 0 Å². The van der Waals surface area contributed by atoms with Gasteiger partial charge in [-0.05, 0) is 48.2 Å². The lowest BCUT2D eigenvalue weighted by Crippen LogP contribution is -2.46. The van der Waals surface area contributed by atoms with Crippen molar-refractivity contribution >= 4 is 49.7 Å². The summed E-state index contributed by atoms with van der Waals surface area (Å²) in [4.78, 5) is 41.6. The van der Waals surface area contributed by atoms with Crippen molar-refractivity contribution in [3.63, 3.8) is 0 Å². The number of H-pyrrole nitrogens is 1. The van der Waals surface area contributed by atoms with E-state index in [0.29, 0.717) is 30.1 Å². The molecular weight excluding hydrogens is 582 g/mol. The predicted octanol–water partition coefficient (Wildman–Crippen LogP) is 4.27. The van der Waals surface area contributed by atoms with E-state index in [1.807, 2.05) is 0 Å². The molecule has 0 unspecified atom stereocenters. The molecule has 2 aromatic carbocycles. The Labute approximate surface area is 231 Å². The Kier molecular flexibility index (Phi) is 8.06. The summed E-state index contributed by atoms with van der Waals surface area (Å²) in [5, 5.41) is -0.738. The number of carbonyl (C=O) groups excluding carboxylic acids is 1. The van der Waals surface area contributed by atoms with Crippen molar-refractivity contribution in [3.05, 3.63) is 71.8 Å². The molecule has 1 fully saturated rings. The number of Topliss-reactive ketones (excluding diaryl/α,β-unsaturated/α-hetero) is 1. The largest absolute Gasteiger partial charge is 0.416 e. The van der Waals surface area contributed by atoms with E-state index < -0.39 is 49.8 Å². The van der Waals surface area contributed by atoms with Gasteiger partial charge >= 0.3 is 11.9 Å². The van der Waals surface area contributed by atoms with Gasteiger partial charge in [-0.15, -0.1) is 0 Å². The second-order valence-corrected chi connectivity index (χ2v) is 12.6. The van der Waals surface area contributed by atoms with Gasteiger partial charge in [0.15, 0.2) is 9.84 Å². The van der Waals surface area contributed by atoms with Gasteiger partial charge in [-0.25, -0.2) is 13.2 Å². The number of nitrogens with zero attached hydrogens (tertiary/aromatic N) is 2. The van der Waals surface area contributed by atoms with E-state index in [1.165, 1.54) is 32.0 Å². The minimum absolute atomic E-state index is 0.00888. The minimum atomic E-state index is -4.86. The lowest BCUT2D eigenvalue weighted by atomic mass is 9.93. The maximum atomic E-state index is 14.1. The van der Waals surface area contributed by atoms with Crippen molar-refractivity contribution in [2.24, 2.45) is 5.92 Å². The number of carbonyl (C=O) groups is 1. The summed E-state index contributed by atoms with van der Waals surface area (Å²) < 4.78 is 68.1. The number of hydrogen-bond acceptors (Lipinski definition) is 6. The standard InChI is InChI=1S/C25H24Cl2F3N3O5S/c1-3-39(37,38)20-5-4-16(26)7-15(20)11-33-23(35)17-8-19(25(28,29)30)18(21(27)22(17)31-24(33)36)12-32-9-14(10-32)6-13(2)34/h4-5,7-8,14H,3,6,9-12H2,1-2H3,(H,31,36). The van der Waals surface area contributed by atoms with E-state index >= 15 is 0 Å². The van der Waals surface area contributed by atoms with Gasteiger partial charge in [0, 0.05) is 31.1 Å². The summed E-state index contributed by atoms with van der Waals surface area (Å²) in [6.45, 7) is 2.95. The molecule has 8 nitrogen and oxygen atoms in total. The van der Waals surface area contributed by atoms with E-state index in [2.05, 4.69) is 4.98 Å². The first-order valence-corrected chi connectivity index (χ1v) is 14.3. The van der Waals surface area contributed by atoms with Gasteiger partial charge in [0.25, 0.3) is 5.56 Å². The Balaban J connectivity index is 1.82. The first-order valence-electron chi connectivity index (χ1n) is 11.9. The van der Waals surface area contributed by atoms with Gasteiger partial charge in [0.2, 0.25) is 0 Å². The quantitative estimate of drug-likeness (QED) is 0.411. The van der Waals surface area contributed by atoms with Gasteiger partial charge in [-0.3, -0.25) is 14.3 Å². The van der Waals surface area contributed by atoms with Crippen LogP contribution in [0.25, 0.3) is 10.9 Å². The molecule has 0 amide bonds. The SMILES string of the molecule is CCS(=O)(=O)c1ccc(Cl)cc1Cn1c(=O)[nH]c2c(Cl)c(CN3CC(CC(C)=O)C3)c(C(F)(F)F)cc2c1=O. The van der Waals surface area contributed by atoms with Crippen LogP contribution >= 0.6 is 23.2 Å². The van der Waals surface area contributed by atoms with Crippen LogP contribution in [0.5, 0.6) is 0 Å². The summed E-state index contributed by atoms with van der Waals surface area (Å²) in [5.41, 5.74) is -3.68. The van der Waals surface area contributed by atoms with E-state index in [1.54, 1.807) is 4.90 Å². The molecule has 1 saturated heterocycles. The van der Waals surface area contributed by atoms with E-state index in [4.69, 9.17) is 23.2 Å². The van der Waals surface area contributed by atoms with Crippen LogP contribution in [0.1, 0.15) is 37.0 Å². The fraction of sp³-hybridized carbons (Fsp3) is 0.400. The van der Waals surface area contributed by atoms with Crippen LogP contribution in [0.3, 0.4) is 0 Å². The number of sulfone groups is 1. The van der Waals surface area contributed by atoms with Crippen LogP contribution in [0.15, 0.2) is 38.8 Å². The third kappa shape index (κ3) is 5.93. The number of nitrogens with one attached hydrogen (secondary N) is 1. The number of aromatic amines is 1. The molecule has 0 atom stereocenters. The first kappa shape index (κ1) is 29.3. The third-order valence-corrected chi connectivity index (χ3v) is 9.16. The molecule has 0 spiro atoms. The fourth-order valence-corrected chi connectivity index (χ4v) is 6.43. The highest BCUT2D eigenvalue weighted by Crippen LogP contribution is 2.39. The molecule has 2 heterocycles. The van der Waals surface area contributed by atoms with Crippen LogP contribution in [0.4, 0.5) is 13.2 Å². The molecule has 3 aromatic rings. The number of benzene rings is 2. The maximum Gasteiger partial charge on any atom is 0.416 e. The first-order chi connectivity index (χ1) is 18.1. The summed E-state index contributed by atoms with van der Waals surface area (Å²) in [6, 6.07) is 4.53. The lowest BCUT2D eigenvalue weighted by Gasteiger charge is -2.39. The molecular formula is C25H24Cl2F3N3O5S. The van der Waals surface area contributed by atoms with Crippen LogP contribution in [0, 0.1) is 5.92 Å². The minimum Gasteiger partial charge on any atom is -0.305 e. The molecule has 14 heteroatoms. The fourth-order valence-electron chi connectivity index (χ4n) is 4.81. The highest BCUT2D eigenvalue weighted by molar-refractivity contribution is 7.91. The zero-order valence-corrected chi connectivity index (χ0v) is 23.2. The van der Waals surface area contributed by atoms with E-state index in [-0.39, 0.29) is 50.6 Å². The summed E-state index contributed by atoms with van der Waals surface area (Å²) >= 11 is 12.4. The molecule has 1 aliphatic heterocycles. The third-order valence-electron chi connectivity index (χ3n) is 6.68. The Hall–Kier alpha value is -2.67. The number of rotatable bonds is 8. The average Bonchev–Trinajstić information content (AvgIpc) is 2.81. The van der Waals surface area contributed by atoms with Crippen molar-refractivity contribution < 1.29 is 26.4 Å². The Morgan fingerprint density at radius 2 is 1.79 bits per heavy atom. The molecule has 210 valence electrons. The summed E-state index contributed by atoms with van der Waals surface area (Å²) in [5.74, 6) is -0.230. The monoisotopic (exact) mass is 605 g/mol. The number of likely N-dealkylation sites (tertiary alicyclic amines) is 1. The van der Waals surface area contributed by atoms with Crippen LogP contribution in [0.2, 0.25) is 10.0 Å². The number of halogens is 5. The number of alkyl halides is 3. The Morgan fingerprint density at radius 3 is 2.38 bits per heavy atom. The van der Waals surface area contributed by atoms with Crippen molar-refractivity contribution in [2.75, 3.05) is 18.8 Å². The second-order valence-electron chi connectivity index (χ2n) is 9.58. The molecule has 4 rings (SSSR count). The normalized spacial score (nSPS) is 15.1. The molecule has 1 aromatic heterocycles. The summed E-state index contributed by atoms with van der Waals surface area (Å²) in [6.07, 6.45) is -4.53. The van der Waals surface area contributed by atoms with Gasteiger partial charge in [-0.1, -0.05) is 30.1 Å². The van der Waals surface area contributed by atoms with Crippen molar-refractivity contribution in [3.8, 4) is 0 Å². The van der Waals surface area contributed by atoms with Crippen molar-refractivity contribution in [2.45, 2.75) is 44.4 Å². The van der Waals surface area contributed by atoms with E-state index in [9.17, 15) is 36.0 Å². The molecule has 0 bridgehead atoms. The predicted molar refractivity (Wildman–Crippen MR) is 141 cm³/mol. The molecule has 39 heavy (non-hydrogen) atoms. The van der Waals surface area contributed by atoms with Gasteiger partial charge in [0.1, 0.15) is 5.78 Å². The topological polar surface area (TPSA) is 109 Å². The van der Waals surface area contributed by atoms with E-state index in [0.717, 1.165) is 0 Å². The van der Waals surface area contributed by atoms with Crippen molar-refractivity contribution in [1.82, 2.24) is 14.5 Å². The van der Waals surface area contributed by atoms with Gasteiger partial charge in [0.05, 0.1) is 38.7 Å². The van der Waals surface area contributed by atoms with Crippen LogP contribution in [-0.4, -0.2) is 47.5 Å². The number of aromatic nitrogens is 2. The smallest absolute Gasteiger partial charge is 0.305 e. The average molecular weight is 606 g/mol. The van der Waals surface area contributed by atoms with Crippen LogP contribution in [-0.2, 0) is 33.9 Å². The zero-order chi connectivity index (χ0) is 28.9. The molecule has 0 aliphatic carbocycles. The lowest BCUT2D eigenvalue weighted by molar-refractivity contribution is -0.138.